The third-order valence-corrected chi connectivity index (χ3v) is 4.42. The number of guanidine groups is 1. The van der Waals surface area contributed by atoms with Crippen molar-refractivity contribution in [2.45, 2.75) is 19.2 Å². The summed E-state index contributed by atoms with van der Waals surface area (Å²) >= 11 is 1.41. The number of methoxy groups -OCH3 is 1. The topological polar surface area (TPSA) is 112 Å². The Morgan fingerprint density at radius 1 is 1.31 bits per heavy atom. The molecule has 3 aromatic rings. The molecule has 1 unspecified atom stereocenters. The second-order valence-electron chi connectivity index (χ2n) is 5.53. The van der Waals surface area contributed by atoms with Crippen molar-refractivity contribution in [2.24, 2.45) is 16.5 Å². The van der Waals surface area contributed by atoms with Crippen molar-refractivity contribution in [3.63, 3.8) is 0 Å². The number of aromatic nitrogens is 1. The van der Waals surface area contributed by atoms with Gasteiger partial charge in [-0.2, -0.15) is 0 Å². The Bertz CT molecular complexity index is 859. The van der Waals surface area contributed by atoms with Gasteiger partial charge in [-0.15, -0.1) is 11.3 Å². The highest BCUT2D eigenvalue weighted by Gasteiger charge is 2.11. The van der Waals surface area contributed by atoms with Crippen molar-refractivity contribution >= 4 is 22.4 Å². The predicted octanol–water partition coefficient (Wildman–Crippen LogP) is 2.80. The Labute approximate surface area is 155 Å². The van der Waals surface area contributed by atoms with Gasteiger partial charge in [0.1, 0.15) is 11.5 Å². The van der Waals surface area contributed by atoms with Gasteiger partial charge in [0.15, 0.2) is 23.1 Å². The lowest BCUT2D eigenvalue weighted by atomic mass is 10.1. The first-order chi connectivity index (χ1) is 12.7. The second-order valence-corrected chi connectivity index (χ2v) is 6.39. The first-order valence-corrected chi connectivity index (χ1v) is 8.97. The number of ether oxygens (including phenoxy) is 1. The molecule has 0 fully saturated rings. The molecule has 2 aromatic heterocycles. The fourth-order valence-electron chi connectivity index (χ4n) is 2.36. The summed E-state index contributed by atoms with van der Waals surface area (Å²) in [6, 6.07) is 13.7. The number of nitrogens with two attached hydrogens (primary N) is 2. The molecule has 136 valence electrons. The molecule has 0 amide bonds. The number of hydrogen-bond donors (Lipinski definition) is 3. The monoisotopic (exact) mass is 371 g/mol. The van der Waals surface area contributed by atoms with Crippen molar-refractivity contribution < 1.29 is 9.15 Å². The van der Waals surface area contributed by atoms with Crippen LogP contribution in [-0.4, -0.2) is 24.3 Å². The summed E-state index contributed by atoms with van der Waals surface area (Å²) in [5, 5.41) is 5.50. The molecular formula is C18H21N5O2S. The van der Waals surface area contributed by atoms with E-state index >= 15 is 0 Å². The lowest BCUT2D eigenvalue weighted by Crippen LogP contribution is -2.26. The highest BCUT2D eigenvalue weighted by molar-refractivity contribution is 7.14. The first kappa shape index (κ1) is 18.1. The minimum Gasteiger partial charge on any atom is -0.458 e. The highest BCUT2D eigenvalue weighted by atomic mass is 32.1. The molecular weight excluding hydrogens is 350 g/mol. The second kappa shape index (κ2) is 8.61. The lowest BCUT2D eigenvalue weighted by molar-refractivity contribution is 0.111. The standard InChI is InChI=1S/C18H21N5O2S/c1-24-16(9-12-5-3-2-4-6-12)22-17(20)23-18-21-14(11-26-18)15-8-7-13(10-19)25-15/h2-8,11,16H,9-10,19H2,1H3,(H3,20,21,22,23). The SMILES string of the molecule is COC(Cc1ccccc1)N=C(N)Nc1nc(-c2ccc(CN)o2)cs1. The Balaban J connectivity index is 1.64. The third-order valence-electron chi connectivity index (χ3n) is 3.66. The van der Waals surface area contributed by atoms with Gasteiger partial charge in [0.05, 0.1) is 6.54 Å². The van der Waals surface area contributed by atoms with E-state index in [1.807, 2.05) is 47.8 Å². The van der Waals surface area contributed by atoms with Crippen LogP contribution in [0.2, 0.25) is 0 Å². The van der Waals surface area contributed by atoms with Crippen molar-refractivity contribution in [3.05, 3.63) is 59.2 Å². The molecule has 0 aliphatic carbocycles. The summed E-state index contributed by atoms with van der Waals surface area (Å²) in [6.07, 6.45) is 0.262. The molecule has 0 spiro atoms. The molecule has 0 saturated carbocycles. The number of benzene rings is 1. The number of hydrogen-bond acceptors (Lipinski definition) is 6. The average Bonchev–Trinajstić information content (AvgIpc) is 3.31. The van der Waals surface area contributed by atoms with Crippen LogP contribution in [0, 0.1) is 0 Å². The van der Waals surface area contributed by atoms with Crippen LogP contribution in [0.5, 0.6) is 0 Å². The van der Waals surface area contributed by atoms with E-state index in [-0.39, 0.29) is 12.2 Å². The van der Waals surface area contributed by atoms with Gasteiger partial charge in [-0.3, -0.25) is 0 Å². The molecule has 0 saturated heterocycles. The molecule has 0 radical (unpaired) electrons. The normalized spacial score (nSPS) is 12.9. The number of rotatable bonds is 7. The molecule has 26 heavy (non-hydrogen) atoms. The summed E-state index contributed by atoms with van der Waals surface area (Å²) in [5.74, 6) is 1.63. The van der Waals surface area contributed by atoms with E-state index in [9.17, 15) is 0 Å². The Morgan fingerprint density at radius 3 is 2.81 bits per heavy atom. The number of aliphatic imine (C=N–C) groups is 1. The first-order valence-electron chi connectivity index (χ1n) is 8.09. The maximum atomic E-state index is 6.00. The Hall–Kier alpha value is -2.68. The number of anilines is 1. The van der Waals surface area contributed by atoms with Crippen molar-refractivity contribution in [1.82, 2.24) is 4.98 Å². The van der Waals surface area contributed by atoms with Gasteiger partial charge in [-0.25, -0.2) is 9.98 Å². The van der Waals surface area contributed by atoms with E-state index in [4.69, 9.17) is 20.6 Å². The Morgan fingerprint density at radius 2 is 2.12 bits per heavy atom. The molecule has 3 rings (SSSR count). The van der Waals surface area contributed by atoms with E-state index in [1.54, 1.807) is 7.11 Å². The van der Waals surface area contributed by atoms with Gasteiger partial charge < -0.3 is 25.9 Å². The zero-order chi connectivity index (χ0) is 18.4. The lowest BCUT2D eigenvalue weighted by Gasteiger charge is -2.12. The zero-order valence-corrected chi connectivity index (χ0v) is 15.2. The Kier molecular flexibility index (Phi) is 6.00. The van der Waals surface area contributed by atoms with Crippen LogP contribution in [0.1, 0.15) is 11.3 Å². The van der Waals surface area contributed by atoms with E-state index in [0.717, 1.165) is 11.3 Å². The van der Waals surface area contributed by atoms with Crippen LogP contribution in [-0.2, 0) is 17.7 Å². The van der Waals surface area contributed by atoms with Gasteiger partial charge in [-0.1, -0.05) is 30.3 Å². The molecule has 2 heterocycles. The fourth-order valence-corrected chi connectivity index (χ4v) is 3.07. The molecule has 5 N–H and O–H groups in total. The number of nitrogens with zero attached hydrogens (tertiary/aromatic N) is 2. The molecule has 0 aliphatic rings. The van der Waals surface area contributed by atoms with E-state index in [0.29, 0.717) is 29.6 Å². The average molecular weight is 371 g/mol. The van der Waals surface area contributed by atoms with Crippen molar-refractivity contribution in [2.75, 3.05) is 12.4 Å². The third kappa shape index (κ3) is 4.69. The van der Waals surface area contributed by atoms with Gasteiger partial charge in [0.2, 0.25) is 0 Å². The number of nitrogens with one attached hydrogen (secondary N) is 1. The molecule has 0 bridgehead atoms. The minimum absolute atomic E-state index is 0.246. The smallest absolute Gasteiger partial charge is 0.197 e. The van der Waals surface area contributed by atoms with Crippen LogP contribution >= 0.6 is 11.3 Å². The number of thiazole rings is 1. The quantitative estimate of drug-likeness (QED) is 0.435. The van der Waals surface area contributed by atoms with Crippen LogP contribution < -0.4 is 16.8 Å². The predicted molar refractivity (Wildman–Crippen MR) is 104 cm³/mol. The molecule has 1 aromatic carbocycles. The van der Waals surface area contributed by atoms with Gasteiger partial charge in [-0.05, 0) is 17.7 Å². The molecule has 1 atom stereocenters. The highest BCUT2D eigenvalue weighted by Crippen LogP contribution is 2.26. The summed E-state index contributed by atoms with van der Waals surface area (Å²) < 4.78 is 11.0. The molecule has 7 nitrogen and oxygen atoms in total. The maximum Gasteiger partial charge on any atom is 0.197 e. The molecule has 0 aliphatic heterocycles. The van der Waals surface area contributed by atoms with Crippen molar-refractivity contribution in [1.29, 1.82) is 0 Å². The largest absolute Gasteiger partial charge is 0.458 e. The molecule has 8 heteroatoms. The van der Waals surface area contributed by atoms with Gasteiger partial charge >= 0.3 is 0 Å². The fraction of sp³-hybridized carbons (Fsp3) is 0.222. The van der Waals surface area contributed by atoms with E-state index < -0.39 is 0 Å². The van der Waals surface area contributed by atoms with Crippen molar-refractivity contribution in [3.8, 4) is 11.5 Å². The van der Waals surface area contributed by atoms with E-state index in [2.05, 4.69) is 15.3 Å². The summed E-state index contributed by atoms with van der Waals surface area (Å²) in [5.41, 5.74) is 13.4. The minimum atomic E-state index is -0.374. The summed E-state index contributed by atoms with van der Waals surface area (Å²) in [7, 11) is 1.61. The van der Waals surface area contributed by atoms with E-state index in [1.165, 1.54) is 11.3 Å². The van der Waals surface area contributed by atoms with Crippen LogP contribution in [0.3, 0.4) is 0 Å². The maximum absolute atomic E-state index is 6.00. The summed E-state index contributed by atoms with van der Waals surface area (Å²) in [4.78, 5) is 8.83. The van der Waals surface area contributed by atoms with Gasteiger partial charge in [0, 0.05) is 18.9 Å². The van der Waals surface area contributed by atoms with Gasteiger partial charge in [0.25, 0.3) is 0 Å². The number of furan rings is 1. The van der Waals surface area contributed by atoms with Crippen LogP contribution in [0.4, 0.5) is 5.13 Å². The zero-order valence-electron chi connectivity index (χ0n) is 14.4. The van der Waals surface area contributed by atoms with Crippen LogP contribution in [0.15, 0.2) is 57.3 Å². The van der Waals surface area contributed by atoms with Crippen LogP contribution in [0.25, 0.3) is 11.5 Å². The summed E-state index contributed by atoms with van der Waals surface area (Å²) in [6.45, 7) is 0.356.